The molecule has 0 aliphatic carbocycles. The van der Waals surface area contributed by atoms with Crippen molar-refractivity contribution in [1.82, 2.24) is 24.8 Å². The second-order valence-corrected chi connectivity index (χ2v) is 8.98. The highest BCUT2D eigenvalue weighted by molar-refractivity contribution is 5.92. The Morgan fingerprint density at radius 2 is 1.94 bits per heavy atom. The van der Waals surface area contributed by atoms with Gasteiger partial charge in [0.2, 0.25) is 0 Å². The van der Waals surface area contributed by atoms with Gasteiger partial charge in [0.1, 0.15) is 29.0 Å². The standard InChI is InChI=1S/C25H28N6O3/c1-16-13-17(29-23-22-19(27-15-28-23)9-10-31(22)11-12-32)5-8-21(16)34-18-6-7-20(26-14-18)24(33)30-25(2,3)4/h5-10,13-15,32H,11-12H2,1-4H3,(H,30,33)(H,27,28,29). The first kappa shape index (κ1) is 23.2. The van der Waals surface area contributed by atoms with Crippen LogP contribution in [0.1, 0.15) is 36.8 Å². The van der Waals surface area contributed by atoms with Crippen molar-refractivity contribution in [2.45, 2.75) is 39.8 Å². The molecule has 0 spiro atoms. The number of benzene rings is 1. The normalized spacial score (nSPS) is 11.4. The topological polar surface area (TPSA) is 114 Å². The van der Waals surface area contributed by atoms with Crippen molar-refractivity contribution in [1.29, 1.82) is 0 Å². The zero-order valence-corrected chi connectivity index (χ0v) is 19.7. The van der Waals surface area contributed by atoms with E-state index < -0.39 is 0 Å². The lowest BCUT2D eigenvalue weighted by Gasteiger charge is -2.20. The number of hydrogen-bond acceptors (Lipinski definition) is 7. The fourth-order valence-electron chi connectivity index (χ4n) is 3.50. The summed E-state index contributed by atoms with van der Waals surface area (Å²) in [5, 5.41) is 15.6. The summed E-state index contributed by atoms with van der Waals surface area (Å²) in [6.45, 7) is 8.20. The van der Waals surface area contributed by atoms with Gasteiger partial charge in [-0.15, -0.1) is 0 Å². The van der Waals surface area contributed by atoms with Crippen LogP contribution >= 0.6 is 0 Å². The fourth-order valence-corrected chi connectivity index (χ4v) is 3.50. The molecule has 34 heavy (non-hydrogen) atoms. The predicted octanol–water partition coefficient (Wildman–Crippen LogP) is 4.19. The number of rotatable bonds is 7. The van der Waals surface area contributed by atoms with Crippen LogP contribution in [-0.2, 0) is 6.54 Å². The molecule has 3 heterocycles. The predicted molar refractivity (Wildman–Crippen MR) is 131 cm³/mol. The maximum absolute atomic E-state index is 12.2. The average molecular weight is 461 g/mol. The first-order valence-corrected chi connectivity index (χ1v) is 11.0. The number of hydrogen-bond donors (Lipinski definition) is 3. The van der Waals surface area contributed by atoms with Crippen molar-refractivity contribution in [3.63, 3.8) is 0 Å². The molecule has 0 fully saturated rings. The summed E-state index contributed by atoms with van der Waals surface area (Å²) in [7, 11) is 0. The third-order valence-electron chi connectivity index (χ3n) is 5.01. The largest absolute Gasteiger partial charge is 0.455 e. The highest BCUT2D eigenvalue weighted by Gasteiger charge is 2.16. The van der Waals surface area contributed by atoms with Crippen molar-refractivity contribution in [3.8, 4) is 11.5 Å². The lowest BCUT2D eigenvalue weighted by molar-refractivity contribution is 0.0914. The number of nitrogens with zero attached hydrogens (tertiary/aromatic N) is 4. The Morgan fingerprint density at radius 1 is 1.12 bits per heavy atom. The Hall–Kier alpha value is -3.98. The van der Waals surface area contributed by atoms with Crippen molar-refractivity contribution in [3.05, 3.63) is 66.4 Å². The molecule has 0 saturated carbocycles. The van der Waals surface area contributed by atoms with E-state index in [1.54, 1.807) is 12.1 Å². The molecule has 176 valence electrons. The molecule has 0 aliphatic rings. The summed E-state index contributed by atoms with van der Waals surface area (Å²) in [5.41, 5.74) is 3.39. The molecule has 9 nitrogen and oxygen atoms in total. The lowest BCUT2D eigenvalue weighted by atomic mass is 10.1. The second-order valence-electron chi connectivity index (χ2n) is 8.98. The molecule has 3 aromatic heterocycles. The van der Waals surface area contributed by atoms with Gasteiger partial charge in [-0.3, -0.25) is 4.79 Å². The van der Waals surface area contributed by atoms with Gasteiger partial charge in [-0.05, 0) is 69.7 Å². The van der Waals surface area contributed by atoms with Gasteiger partial charge in [0.25, 0.3) is 5.91 Å². The van der Waals surface area contributed by atoms with Crippen LogP contribution < -0.4 is 15.4 Å². The first-order valence-electron chi connectivity index (χ1n) is 11.0. The number of aryl methyl sites for hydroxylation is 1. The number of aromatic nitrogens is 4. The number of fused-ring (bicyclic) bond motifs is 1. The zero-order chi connectivity index (χ0) is 24.3. The number of aliphatic hydroxyl groups excluding tert-OH is 1. The van der Waals surface area contributed by atoms with Crippen LogP contribution in [0, 0.1) is 6.92 Å². The van der Waals surface area contributed by atoms with Crippen LogP contribution in [-0.4, -0.2) is 42.7 Å². The number of amides is 1. The summed E-state index contributed by atoms with van der Waals surface area (Å²) in [4.78, 5) is 25.2. The number of carbonyl (C=O) groups excluding carboxylic acids is 1. The van der Waals surface area contributed by atoms with E-state index in [4.69, 9.17) is 4.74 Å². The molecule has 0 saturated heterocycles. The van der Waals surface area contributed by atoms with E-state index in [0.717, 1.165) is 22.3 Å². The van der Waals surface area contributed by atoms with Gasteiger partial charge < -0.3 is 25.0 Å². The van der Waals surface area contributed by atoms with Crippen LogP contribution in [0.2, 0.25) is 0 Å². The average Bonchev–Trinajstić information content (AvgIpc) is 3.19. The van der Waals surface area contributed by atoms with Crippen molar-refractivity contribution < 1.29 is 14.6 Å². The van der Waals surface area contributed by atoms with E-state index in [2.05, 4.69) is 25.6 Å². The molecule has 0 unspecified atom stereocenters. The molecule has 0 atom stereocenters. The maximum Gasteiger partial charge on any atom is 0.270 e. The Bertz CT molecular complexity index is 1310. The van der Waals surface area contributed by atoms with E-state index in [1.165, 1.54) is 12.5 Å². The molecular formula is C25H28N6O3. The minimum absolute atomic E-state index is 0.0281. The van der Waals surface area contributed by atoms with E-state index in [0.29, 0.717) is 29.6 Å². The van der Waals surface area contributed by atoms with Gasteiger partial charge in [-0.2, -0.15) is 0 Å². The van der Waals surface area contributed by atoms with Gasteiger partial charge in [0, 0.05) is 24.0 Å². The molecule has 4 rings (SSSR count). The van der Waals surface area contributed by atoms with Crippen molar-refractivity contribution in [2.75, 3.05) is 11.9 Å². The summed E-state index contributed by atoms with van der Waals surface area (Å²) >= 11 is 0. The van der Waals surface area contributed by atoms with E-state index in [-0.39, 0.29) is 18.1 Å². The summed E-state index contributed by atoms with van der Waals surface area (Å²) < 4.78 is 7.90. The Balaban J connectivity index is 1.49. The van der Waals surface area contributed by atoms with E-state index >= 15 is 0 Å². The van der Waals surface area contributed by atoms with Crippen molar-refractivity contribution in [2.24, 2.45) is 0 Å². The molecule has 3 N–H and O–H groups in total. The van der Waals surface area contributed by atoms with Gasteiger partial charge >= 0.3 is 0 Å². The minimum atomic E-state index is -0.333. The van der Waals surface area contributed by atoms with Crippen LogP contribution in [0.15, 0.2) is 55.1 Å². The van der Waals surface area contributed by atoms with Gasteiger partial charge in [0.05, 0.1) is 18.3 Å². The smallest absolute Gasteiger partial charge is 0.270 e. The first-order chi connectivity index (χ1) is 16.2. The van der Waals surface area contributed by atoms with E-state index in [1.807, 2.05) is 62.7 Å². The summed E-state index contributed by atoms with van der Waals surface area (Å²) in [6, 6.07) is 11.0. The monoisotopic (exact) mass is 460 g/mol. The lowest BCUT2D eigenvalue weighted by Crippen LogP contribution is -2.40. The van der Waals surface area contributed by atoms with Crippen molar-refractivity contribution >= 4 is 28.4 Å². The zero-order valence-electron chi connectivity index (χ0n) is 19.7. The van der Waals surface area contributed by atoms with Crippen LogP contribution in [0.5, 0.6) is 11.5 Å². The van der Waals surface area contributed by atoms with Gasteiger partial charge in [-0.25, -0.2) is 15.0 Å². The molecule has 1 aromatic carbocycles. The van der Waals surface area contributed by atoms with Gasteiger partial charge in [0.15, 0.2) is 5.82 Å². The van der Waals surface area contributed by atoms with Gasteiger partial charge in [-0.1, -0.05) is 0 Å². The molecule has 1 amide bonds. The maximum atomic E-state index is 12.2. The molecule has 0 radical (unpaired) electrons. The molecule has 0 bridgehead atoms. The Morgan fingerprint density at radius 3 is 2.62 bits per heavy atom. The quantitative estimate of drug-likeness (QED) is 0.379. The second kappa shape index (κ2) is 9.48. The van der Waals surface area contributed by atoms with Crippen LogP contribution in [0.25, 0.3) is 11.0 Å². The highest BCUT2D eigenvalue weighted by Crippen LogP contribution is 2.30. The summed E-state index contributed by atoms with van der Waals surface area (Å²) in [6.07, 6.45) is 4.93. The summed E-state index contributed by atoms with van der Waals surface area (Å²) in [5.74, 6) is 1.64. The molecule has 9 heteroatoms. The Labute approximate surface area is 197 Å². The number of anilines is 2. The van der Waals surface area contributed by atoms with Crippen LogP contribution in [0.3, 0.4) is 0 Å². The number of aliphatic hydroxyl groups is 1. The third kappa shape index (κ3) is 5.32. The fraction of sp³-hybridized carbons (Fsp3) is 0.280. The number of pyridine rings is 1. The number of nitrogens with one attached hydrogen (secondary N) is 2. The van der Waals surface area contributed by atoms with E-state index in [9.17, 15) is 9.90 Å². The van der Waals surface area contributed by atoms with Crippen LogP contribution in [0.4, 0.5) is 11.5 Å². The minimum Gasteiger partial charge on any atom is -0.455 e. The molecular weight excluding hydrogens is 432 g/mol. The number of carbonyl (C=O) groups is 1. The number of ether oxygens (including phenoxy) is 1. The molecule has 0 aliphatic heterocycles. The molecule has 4 aromatic rings. The third-order valence-corrected chi connectivity index (χ3v) is 5.01. The SMILES string of the molecule is Cc1cc(Nc2ncnc3ccn(CCO)c23)ccc1Oc1ccc(C(=O)NC(C)(C)C)nc1. The highest BCUT2D eigenvalue weighted by atomic mass is 16.5. The Kier molecular flexibility index (Phi) is 6.47.